The molecule has 1 fully saturated rings. The van der Waals surface area contributed by atoms with Crippen molar-refractivity contribution in [3.8, 4) is 11.4 Å². The van der Waals surface area contributed by atoms with Crippen molar-refractivity contribution in [2.45, 2.75) is 13.5 Å². The van der Waals surface area contributed by atoms with E-state index in [0.29, 0.717) is 0 Å². The number of rotatable bonds is 4. The summed E-state index contributed by atoms with van der Waals surface area (Å²) in [4.78, 5) is 26.6. The fourth-order valence-electron chi connectivity index (χ4n) is 3.29. The van der Waals surface area contributed by atoms with E-state index in [4.69, 9.17) is 0 Å². The molecule has 0 atom stereocenters. The Balaban J connectivity index is 1.33. The van der Waals surface area contributed by atoms with Crippen molar-refractivity contribution in [3.05, 3.63) is 70.2 Å². The van der Waals surface area contributed by atoms with Gasteiger partial charge in [0.1, 0.15) is 0 Å². The molecule has 1 aliphatic rings. The molecular formula is C21H22N4OS. The molecule has 5 nitrogen and oxygen atoms in total. The van der Waals surface area contributed by atoms with Crippen molar-refractivity contribution in [2.75, 3.05) is 26.2 Å². The number of hydrogen-bond donors (Lipinski definition) is 0. The molecule has 3 aromatic rings. The van der Waals surface area contributed by atoms with Crippen molar-refractivity contribution in [2.24, 2.45) is 0 Å². The van der Waals surface area contributed by atoms with Crippen LogP contribution in [0.1, 0.15) is 20.8 Å². The van der Waals surface area contributed by atoms with Crippen molar-refractivity contribution in [3.63, 3.8) is 0 Å². The van der Waals surface area contributed by atoms with Gasteiger partial charge in [-0.25, -0.2) is 9.97 Å². The summed E-state index contributed by atoms with van der Waals surface area (Å²) < 4.78 is 0. The first kappa shape index (κ1) is 17.8. The lowest BCUT2D eigenvalue weighted by Gasteiger charge is -2.34. The van der Waals surface area contributed by atoms with E-state index < -0.39 is 0 Å². The van der Waals surface area contributed by atoms with Gasteiger partial charge in [-0.15, -0.1) is 11.3 Å². The first-order valence-corrected chi connectivity index (χ1v) is 10.00. The monoisotopic (exact) mass is 378 g/mol. The van der Waals surface area contributed by atoms with Crippen LogP contribution in [0.15, 0.2) is 54.2 Å². The maximum absolute atomic E-state index is 12.4. The molecule has 0 unspecified atom stereocenters. The summed E-state index contributed by atoms with van der Waals surface area (Å²) in [6.45, 7) is 6.15. The largest absolute Gasteiger partial charge is 0.335 e. The minimum Gasteiger partial charge on any atom is -0.335 e. The highest BCUT2D eigenvalue weighted by molar-refractivity contribution is 7.12. The molecular weight excluding hydrogens is 356 g/mol. The van der Waals surface area contributed by atoms with Gasteiger partial charge in [0.05, 0.1) is 4.88 Å². The zero-order chi connectivity index (χ0) is 18.6. The van der Waals surface area contributed by atoms with Gasteiger partial charge in [-0.1, -0.05) is 29.8 Å². The van der Waals surface area contributed by atoms with Gasteiger partial charge >= 0.3 is 0 Å². The predicted octanol–water partition coefficient (Wildman–Crippen LogP) is 3.47. The number of thiophene rings is 1. The minimum atomic E-state index is 0.149. The van der Waals surface area contributed by atoms with Crippen LogP contribution < -0.4 is 0 Å². The highest BCUT2D eigenvalue weighted by Gasteiger charge is 2.22. The van der Waals surface area contributed by atoms with Crippen LogP contribution in [0.5, 0.6) is 0 Å². The third-order valence-corrected chi connectivity index (χ3v) is 5.64. The smallest absolute Gasteiger partial charge is 0.264 e. The van der Waals surface area contributed by atoms with Gasteiger partial charge in [-0.3, -0.25) is 9.69 Å². The summed E-state index contributed by atoms with van der Waals surface area (Å²) in [5.74, 6) is 0.907. The van der Waals surface area contributed by atoms with Crippen LogP contribution >= 0.6 is 11.3 Å². The number of amides is 1. The molecule has 0 bridgehead atoms. The van der Waals surface area contributed by atoms with E-state index in [1.54, 1.807) is 0 Å². The zero-order valence-electron chi connectivity index (χ0n) is 15.3. The van der Waals surface area contributed by atoms with Crippen molar-refractivity contribution in [1.82, 2.24) is 19.8 Å². The second kappa shape index (κ2) is 7.98. The normalized spacial score (nSPS) is 15.1. The third-order valence-electron chi connectivity index (χ3n) is 4.78. The second-order valence-electron chi connectivity index (χ2n) is 6.83. The van der Waals surface area contributed by atoms with Crippen LogP contribution in [0.4, 0.5) is 0 Å². The zero-order valence-corrected chi connectivity index (χ0v) is 16.2. The third kappa shape index (κ3) is 4.23. The van der Waals surface area contributed by atoms with Crippen LogP contribution in [0.3, 0.4) is 0 Å². The summed E-state index contributed by atoms with van der Waals surface area (Å²) in [6.07, 6.45) is 3.82. The molecule has 2 aromatic heterocycles. The summed E-state index contributed by atoms with van der Waals surface area (Å²) in [6, 6.07) is 12.0. The van der Waals surface area contributed by atoms with Crippen LogP contribution in [-0.2, 0) is 6.54 Å². The van der Waals surface area contributed by atoms with E-state index in [1.807, 2.05) is 46.9 Å². The number of carbonyl (C=O) groups excluding carboxylic acids is 1. The highest BCUT2D eigenvalue weighted by atomic mass is 32.1. The predicted molar refractivity (Wildman–Crippen MR) is 108 cm³/mol. The number of carbonyl (C=O) groups is 1. The summed E-state index contributed by atoms with van der Waals surface area (Å²) in [7, 11) is 0. The topological polar surface area (TPSA) is 49.3 Å². The Hall–Kier alpha value is -2.57. The second-order valence-corrected chi connectivity index (χ2v) is 7.78. The van der Waals surface area contributed by atoms with Crippen molar-refractivity contribution >= 4 is 17.2 Å². The summed E-state index contributed by atoms with van der Waals surface area (Å²) >= 11 is 1.51. The van der Waals surface area contributed by atoms with Crippen LogP contribution in [-0.4, -0.2) is 51.9 Å². The molecule has 6 heteroatoms. The Morgan fingerprint density at radius 1 is 1.07 bits per heavy atom. The van der Waals surface area contributed by atoms with Crippen LogP contribution in [0.25, 0.3) is 11.4 Å². The molecule has 3 heterocycles. The average molecular weight is 379 g/mol. The number of aromatic nitrogens is 2. The molecule has 4 rings (SSSR count). The fraction of sp³-hybridized carbons (Fsp3) is 0.286. The molecule has 1 saturated heterocycles. The maximum atomic E-state index is 12.4. The van der Waals surface area contributed by atoms with Gasteiger partial charge in [0.2, 0.25) is 0 Å². The van der Waals surface area contributed by atoms with Crippen LogP contribution in [0, 0.1) is 6.92 Å². The number of hydrogen-bond acceptors (Lipinski definition) is 5. The lowest BCUT2D eigenvalue weighted by Crippen LogP contribution is -2.48. The highest BCUT2D eigenvalue weighted by Crippen LogP contribution is 2.17. The first-order chi connectivity index (χ1) is 13.2. The van der Waals surface area contributed by atoms with E-state index >= 15 is 0 Å². The first-order valence-electron chi connectivity index (χ1n) is 9.12. The van der Waals surface area contributed by atoms with Crippen molar-refractivity contribution in [1.29, 1.82) is 0 Å². The standard InChI is InChI=1S/C21H22N4OS/c1-16-4-2-5-18(12-16)20-22-13-17(14-23-20)15-24-7-9-25(10-8-24)21(26)19-6-3-11-27-19/h2-6,11-14H,7-10,15H2,1H3. The average Bonchev–Trinajstić information content (AvgIpc) is 3.23. The van der Waals surface area contributed by atoms with Gasteiger partial charge in [0.25, 0.3) is 5.91 Å². The van der Waals surface area contributed by atoms with E-state index in [1.165, 1.54) is 16.9 Å². The van der Waals surface area contributed by atoms with Crippen LogP contribution in [0.2, 0.25) is 0 Å². The molecule has 1 aromatic carbocycles. The van der Waals surface area contributed by atoms with Gasteiger partial charge in [-0.2, -0.15) is 0 Å². The van der Waals surface area contributed by atoms with E-state index in [-0.39, 0.29) is 5.91 Å². The Morgan fingerprint density at radius 3 is 2.52 bits per heavy atom. The molecule has 0 radical (unpaired) electrons. The number of piperazine rings is 1. The molecule has 0 spiro atoms. The molecule has 1 amide bonds. The Morgan fingerprint density at radius 2 is 1.85 bits per heavy atom. The van der Waals surface area contributed by atoms with E-state index in [2.05, 4.69) is 33.9 Å². The van der Waals surface area contributed by atoms with Gasteiger partial charge < -0.3 is 4.90 Å². The quantitative estimate of drug-likeness (QED) is 0.697. The minimum absolute atomic E-state index is 0.149. The van der Waals surface area contributed by atoms with Crippen molar-refractivity contribution < 1.29 is 4.79 Å². The Labute approximate surface area is 163 Å². The molecule has 27 heavy (non-hydrogen) atoms. The lowest BCUT2D eigenvalue weighted by atomic mass is 10.1. The number of benzene rings is 1. The molecule has 138 valence electrons. The fourth-order valence-corrected chi connectivity index (χ4v) is 3.98. The SMILES string of the molecule is Cc1cccc(-c2ncc(CN3CCN(C(=O)c4cccs4)CC3)cn2)c1. The molecule has 0 N–H and O–H groups in total. The Kier molecular flexibility index (Phi) is 5.27. The summed E-state index contributed by atoms with van der Waals surface area (Å²) in [5, 5.41) is 1.95. The number of aryl methyl sites for hydroxylation is 1. The van der Waals surface area contributed by atoms with Gasteiger partial charge in [0, 0.05) is 56.2 Å². The maximum Gasteiger partial charge on any atom is 0.264 e. The van der Waals surface area contributed by atoms with E-state index in [9.17, 15) is 4.79 Å². The lowest BCUT2D eigenvalue weighted by molar-refractivity contribution is 0.0633. The van der Waals surface area contributed by atoms with Gasteiger partial charge in [0.15, 0.2) is 5.82 Å². The molecule has 1 aliphatic heterocycles. The Bertz CT molecular complexity index is 900. The van der Waals surface area contributed by atoms with E-state index in [0.717, 1.165) is 54.6 Å². The molecule has 0 aliphatic carbocycles. The molecule has 0 saturated carbocycles. The van der Waals surface area contributed by atoms with Gasteiger partial charge in [-0.05, 0) is 24.4 Å². The summed E-state index contributed by atoms with van der Waals surface area (Å²) in [5.41, 5.74) is 3.35. The number of nitrogens with zero attached hydrogens (tertiary/aromatic N) is 4.